The molecule has 1 aromatic rings. The summed E-state index contributed by atoms with van der Waals surface area (Å²) in [4.78, 5) is 16.4. The van der Waals surface area contributed by atoms with Crippen molar-refractivity contribution in [3.8, 4) is 0 Å². The number of hydrogen-bond donors (Lipinski definition) is 0. The third-order valence-electron chi connectivity index (χ3n) is 2.72. The number of halogens is 1. The first-order valence-electron chi connectivity index (χ1n) is 5.68. The molecule has 0 radical (unpaired) electrons. The largest absolute Gasteiger partial charge is 0.372 e. The van der Waals surface area contributed by atoms with Gasteiger partial charge in [0.25, 0.3) is 5.69 Å². The van der Waals surface area contributed by atoms with E-state index in [4.69, 9.17) is 16.3 Å². The third kappa shape index (κ3) is 2.88. The predicted octanol–water partition coefficient (Wildman–Crippen LogP) is 2.26. The predicted molar refractivity (Wildman–Crippen MR) is 68.1 cm³/mol. The zero-order valence-corrected chi connectivity index (χ0v) is 10.9. The number of anilines is 1. The molecule has 1 aliphatic rings. The Morgan fingerprint density at radius 3 is 2.61 bits per heavy atom. The lowest BCUT2D eigenvalue weighted by Crippen LogP contribution is -2.45. The van der Waals surface area contributed by atoms with Gasteiger partial charge in [0, 0.05) is 13.1 Å². The van der Waals surface area contributed by atoms with Gasteiger partial charge >= 0.3 is 0 Å². The van der Waals surface area contributed by atoms with E-state index in [2.05, 4.69) is 4.98 Å². The molecule has 0 amide bonds. The van der Waals surface area contributed by atoms with Crippen molar-refractivity contribution in [2.75, 3.05) is 18.0 Å². The number of pyridine rings is 1. The summed E-state index contributed by atoms with van der Waals surface area (Å²) in [5.41, 5.74) is -0.0446. The molecule has 0 unspecified atom stereocenters. The van der Waals surface area contributed by atoms with E-state index in [1.165, 1.54) is 12.1 Å². The van der Waals surface area contributed by atoms with E-state index in [0.29, 0.717) is 18.9 Å². The smallest absolute Gasteiger partial charge is 0.276 e. The highest BCUT2D eigenvalue weighted by Gasteiger charge is 2.24. The Kier molecular flexibility index (Phi) is 3.68. The van der Waals surface area contributed by atoms with Gasteiger partial charge in [0.05, 0.1) is 29.3 Å². The van der Waals surface area contributed by atoms with E-state index in [9.17, 15) is 10.1 Å². The van der Waals surface area contributed by atoms with Crippen LogP contribution in [0.3, 0.4) is 0 Å². The van der Waals surface area contributed by atoms with Crippen LogP contribution in [0.25, 0.3) is 0 Å². The Balaban J connectivity index is 2.29. The zero-order chi connectivity index (χ0) is 13.3. The number of ether oxygens (including phenoxy) is 1. The van der Waals surface area contributed by atoms with Crippen molar-refractivity contribution < 1.29 is 9.66 Å². The van der Waals surface area contributed by atoms with Crippen LogP contribution in [0.15, 0.2) is 12.1 Å². The van der Waals surface area contributed by atoms with E-state index in [1.54, 1.807) is 0 Å². The van der Waals surface area contributed by atoms with E-state index in [0.717, 1.165) is 0 Å². The normalized spacial score (nSPS) is 24.1. The first-order chi connectivity index (χ1) is 8.45. The minimum absolute atomic E-state index is 0.0446. The fraction of sp³-hybridized carbons (Fsp3) is 0.545. The van der Waals surface area contributed by atoms with Crippen molar-refractivity contribution in [3.63, 3.8) is 0 Å². The van der Waals surface area contributed by atoms with E-state index in [1.807, 2.05) is 18.7 Å². The van der Waals surface area contributed by atoms with Crippen molar-refractivity contribution in [1.29, 1.82) is 0 Å². The van der Waals surface area contributed by atoms with Gasteiger partial charge in [0.15, 0.2) is 0 Å². The molecule has 0 N–H and O–H groups in total. The molecule has 0 aliphatic carbocycles. The van der Waals surface area contributed by atoms with Crippen LogP contribution in [0.2, 0.25) is 5.15 Å². The minimum Gasteiger partial charge on any atom is -0.372 e. The summed E-state index contributed by atoms with van der Waals surface area (Å²) < 4.78 is 5.61. The lowest BCUT2D eigenvalue weighted by molar-refractivity contribution is -0.384. The van der Waals surface area contributed by atoms with E-state index < -0.39 is 4.92 Å². The van der Waals surface area contributed by atoms with Gasteiger partial charge in [0.1, 0.15) is 11.0 Å². The summed E-state index contributed by atoms with van der Waals surface area (Å²) in [5.74, 6) is 0.524. The van der Waals surface area contributed by atoms with Crippen LogP contribution in [0.4, 0.5) is 11.5 Å². The maximum Gasteiger partial charge on any atom is 0.276 e. The van der Waals surface area contributed by atoms with Crippen molar-refractivity contribution in [2.45, 2.75) is 26.1 Å². The van der Waals surface area contributed by atoms with Gasteiger partial charge in [-0.25, -0.2) is 4.98 Å². The van der Waals surface area contributed by atoms with Gasteiger partial charge in [-0.3, -0.25) is 10.1 Å². The molecule has 1 aromatic heterocycles. The molecule has 98 valence electrons. The number of aromatic nitrogens is 1. The molecular weight excluding hydrogens is 258 g/mol. The molecule has 1 fully saturated rings. The average Bonchev–Trinajstić information content (AvgIpc) is 2.26. The molecule has 18 heavy (non-hydrogen) atoms. The monoisotopic (exact) mass is 271 g/mol. The van der Waals surface area contributed by atoms with Gasteiger partial charge in [-0.05, 0) is 13.8 Å². The first kappa shape index (κ1) is 13.0. The Morgan fingerprint density at radius 2 is 2.06 bits per heavy atom. The van der Waals surface area contributed by atoms with Gasteiger partial charge in [-0.1, -0.05) is 11.6 Å². The van der Waals surface area contributed by atoms with Crippen molar-refractivity contribution in [1.82, 2.24) is 4.98 Å². The number of nitrogens with zero attached hydrogens (tertiary/aromatic N) is 3. The molecule has 6 nitrogen and oxygen atoms in total. The van der Waals surface area contributed by atoms with Crippen LogP contribution >= 0.6 is 11.6 Å². The second kappa shape index (κ2) is 5.07. The lowest BCUT2D eigenvalue weighted by atomic mass is 10.2. The molecule has 2 heterocycles. The van der Waals surface area contributed by atoms with Crippen molar-refractivity contribution in [2.24, 2.45) is 0 Å². The molecule has 0 spiro atoms. The summed E-state index contributed by atoms with van der Waals surface area (Å²) in [6.45, 7) is 5.22. The van der Waals surface area contributed by atoms with Crippen LogP contribution < -0.4 is 4.90 Å². The maximum absolute atomic E-state index is 10.8. The second-order valence-electron chi connectivity index (χ2n) is 4.43. The van der Waals surface area contributed by atoms with Crippen LogP contribution in [0.1, 0.15) is 13.8 Å². The summed E-state index contributed by atoms with van der Waals surface area (Å²) in [6, 6.07) is 2.69. The molecule has 1 aliphatic heterocycles. The molecule has 0 bridgehead atoms. The molecule has 0 saturated carbocycles. The summed E-state index contributed by atoms with van der Waals surface area (Å²) in [7, 11) is 0. The van der Waals surface area contributed by atoms with Crippen LogP contribution in [-0.2, 0) is 4.74 Å². The number of morpholine rings is 1. The van der Waals surface area contributed by atoms with Crippen molar-refractivity contribution >= 4 is 23.1 Å². The SMILES string of the molecule is C[C@@H]1CN(c2cc([N+](=O)[O-])cc(Cl)n2)C[C@H](C)O1. The van der Waals surface area contributed by atoms with Gasteiger partial charge in [-0.2, -0.15) is 0 Å². The maximum atomic E-state index is 10.8. The fourth-order valence-electron chi connectivity index (χ4n) is 2.10. The summed E-state index contributed by atoms with van der Waals surface area (Å²) in [5, 5.41) is 10.9. The highest BCUT2D eigenvalue weighted by molar-refractivity contribution is 6.29. The Labute approximate surface area is 110 Å². The van der Waals surface area contributed by atoms with Crippen LogP contribution in [-0.4, -0.2) is 35.2 Å². The number of hydrogen-bond acceptors (Lipinski definition) is 5. The molecule has 7 heteroatoms. The highest BCUT2D eigenvalue weighted by atomic mass is 35.5. The van der Waals surface area contributed by atoms with Gasteiger partial charge in [-0.15, -0.1) is 0 Å². The fourth-order valence-corrected chi connectivity index (χ4v) is 2.30. The van der Waals surface area contributed by atoms with E-state index >= 15 is 0 Å². The third-order valence-corrected chi connectivity index (χ3v) is 2.91. The topological polar surface area (TPSA) is 68.5 Å². The molecular formula is C11H14ClN3O3. The summed E-state index contributed by atoms with van der Waals surface area (Å²) in [6.07, 6.45) is 0.127. The highest BCUT2D eigenvalue weighted by Crippen LogP contribution is 2.25. The second-order valence-corrected chi connectivity index (χ2v) is 4.81. The van der Waals surface area contributed by atoms with Crippen LogP contribution in [0, 0.1) is 10.1 Å². The first-order valence-corrected chi connectivity index (χ1v) is 6.06. The minimum atomic E-state index is -0.468. The number of rotatable bonds is 2. The van der Waals surface area contributed by atoms with Crippen molar-refractivity contribution in [3.05, 3.63) is 27.4 Å². The zero-order valence-electron chi connectivity index (χ0n) is 10.2. The molecule has 0 aromatic carbocycles. The van der Waals surface area contributed by atoms with Crippen LogP contribution in [0.5, 0.6) is 0 Å². The standard InChI is InChI=1S/C11H14ClN3O3/c1-7-5-14(6-8(2)18-7)11-4-9(15(16)17)3-10(12)13-11/h3-4,7-8H,5-6H2,1-2H3/t7-,8+. The molecule has 2 atom stereocenters. The lowest BCUT2D eigenvalue weighted by Gasteiger charge is -2.35. The Morgan fingerprint density at radius 1 is 1.44 bits per heavy atom. The van der Waals surface area contributed by atoms with E-state index in [-0.39, 0.29) is 23.0 Å². The Bertz CT molecular complexity index is 459. The molecule has 2 rings (SSSR count). The Hall–Kier alpha value is -1.40. The van der Waals surface area contributed by atoms with Gasteiger partial charge < -0.3 is 9.64 Å². The quantitative estimate of drug-likeness (QED) is 0.469. The van der Waals surface area contributed by atoms with Gasteiger partial charge in [0.2, 0.25) is 0 Å². The molecule has 1 saturated heterocycles. The summed E-state index contributed by atoms with van der Waals surface area (Å²) >= 11 is 5.81. The average molecular weight is 272 g/mol. The number of nitro groups is 1.